The van der Waals surface area contributed by atoms with Gasteiger partial charge in [-0.05, 0) is 55.3 Å². The average Bonchev–Trinajstić information content (AvgIpc) is 2.37. The number of anilines is 2. The molecule has 0 saturated heterocycles. The van der Waals surface area contributed by atoms with E-state index in [1.165, 1.54) is 13.2 Å². The van der Waals surface area contributed by atoms with Gasteiger partial charge in [-0.15, -0.1) is 0 Å². The third kappa shape index (κ3) is 3.46. The molecule has 0 radical (unpaired) electrons. The summed E-state index contributed by atoms with van der Waals surface area (Å²) in [6, 6.07) is 9.95. The molecule has 0 aliphatic heterocycles. The summed E-state index contributed by atoms with van der Waals surface area (Å²) in [5.74, 6) is 0.414. The summed E-state index contributed by atoms with van der Waals surface area (Å²) in [6.07, 6.45) is 0. The van der Waals surface area contributed by atoms with Gasteiger partial charge in [0.15, 0.2) is 0 Å². The van der Waals surface area contributed by atoms with Crippen LogP contribution in [0.25, 0.3) is 0 Å². The Balaban J connectivity index is 2.44. The summed E-state index contributed by atoms with van der Waals surface area (Å²) in [4.78, 5) is 0.212. The lowest BCUT2D eigenvalue weighted by Gasteiger charge is -2.13. The van der Waals surface area contributed by atoms with Crippen molar-refractivity contribution in [3.63, 3.8) is 0 Å². The fourth-order valence-electron chi connectivity index (χ4n) is 2.10. The molecule has 5 nitrogen and oxygen atoms in total. The van der Waals surface area contributed by atoms with Crippen molar-refractivity contribution >= 4 is 21.4 Å². The minimum atomic E-state index is -3.69. The monoisotopic (exact) mass is 306 g/mol. The molecular formula is C15H18N2O3S. The summed E-state index contributed by atoms with van der Waals surface area (Å²) in [7, 11) is -2.22. The van der Waals surface area contributed by atoms with Crippen LogP contribution in [0.3, 0.4) is 0 Å². The summed E-state index contributed by atoms with van der Waals surface area (Å²) < 4.78 is 32.6. The fourth-order valence-corrected chi connectivity index (χ4v) is 3.35. The number of rotatable bonds is 4. The summed E-state index contributed by atoms with van der Waals surface area (Å²) in [5.41, 5.74) is 8.24. The Hall–Kier alpha value is -2.21. The molecule has 3 N–H and O–H groups in total. The minimum absolute atomic E-state index is 0.212. The zero-order valence-corrected chi connectivity index (χ0v) is 13.0. The van der Waals surface area contributed by atoms with E-state index in [0.717, 1.165) is 11.1 Å². The Bertz CT molecular complexity index is 750. The number of ether oxygens (including phenoxy) is 1. The van der Waals surface area contributed by atoms with E-state index in [2.05, 4.69) is 4.72 Å². The second-order valence-electron chi connectivity index (χ2n) is 4.89. The second kappa shape index (κ2) is 5.65. The first-order valence-corrected chi connectivity index (χ1v) is 7.85. The molecule has 0 heterocycles. The van der Waals surface area contributed by atoms with Crippen molar-refractivity contribution in [2.45, 2.75) is 18.7 Å². The van der Waals surface area contributed by atoms with Gasteiger partial charge < -0.3 is 10.5 Å². The van der Waals surface area contributed by atoms with E-state index in [9.17, 15) is 8.42 Å². The zero-order valence-electron chi connectivity index (χ0n) is 12.2. The quantitative estimate of drug-likeness (QED) is 0.851. The van der Waals surface area contributed by atoms with Gasteiger partial charge in [-0.1, -0.05) is 6.07 Å². The lowest BCUT2D eigenvalue weighted by atomic mass is 10.2. The third-order valence-corrected chi connectivity index (χ3v) is 4.32. The van der Waals surface area contributed by atoms with E-state index in [0.29, 0.717) is 17.1 Å². The van der Waals surface area contributed by atoms with Crippen molar-refractivity contribution in [2.24, 2.45) is 0 Å². The number of sulfonamides is 1. The molecule has 0 unspecified atom stereocenters. The van der Waals surface area contributed by atoms with Gasteiger partial charge in [0.25, 0.3) is 10.0 Å². The van der Waals surface area contributed by atoms with Crippen molar-refractivity contribution in [2.75, 3.05) is 17.6 Å². The Kier molecular flexibility index (Phi) is 4.09. The molecule has 21 heavy (non-hydrogen) atoms. The maximum atomic E-state index is 12.5. The molecule has 0 spiro atoms. The molecule has 0 aliphatic rings. The Morgan fingerprint density at radius 3 is 2.24 bits per heavy atom. The van der Waals surface area contributed by atoms with E-state index >= 15 is 0 Å². The first kappa shape index (κ1) is 15.2. The fraction of sp³-hybridized carbons (Fsp3) is 0.200. The third-order valence-electron chi connectivity index (χ3n) is 2.97. The van der Waals surface area contributed by atoms with Gasteiger partial charge in [0.2, 0.25) is 0 Å². The molecule has 2 aromatic rings. The van der Waals surface area contributed by atoms with Crippen LogP contribution in [0, 0.1) is 13.8 Å². The molecule has 112 valence electrons. The summed E-state index contributed by atoms with van der Waals surface area (Å²) in [5, 5.41) is 0. The number of nitrogens with two attached hydrogens (primary N) is 1. The normalized spacial score (nSPS) is 11.2. The van der Waals surface area contributed by atoms with Crippen LogP contribution in [0.5, 0.6) is 5.75 Å². The number of nitrogen functional groups attached to an aromatic ring is 1. The largest absolute Gasteiger partial charge is 0.495 e. The lowest BCUT2D eigenvalue weighted by molar-refractivity contribution is 0.417. The van der Waals surface area contributed by atoms with Gasteiger partial charge in [0.05, 0.1) is 17.7 Å². The Morgan fingerprint density at radius 2 is 1.67 bits per heavy atom. The van der Waals surface area contributed by atoms with Crippen molar-refractivity contribution in [1.82, 2.24) is 0 Å². The van der Waals surface area contributed by atoms with Gasteiger partial charge in [0.1, 0.15) is 5.75 Å². The van der Waals surface area contributed by atoms with Gasteiger partial charge in [0, 0.05) is 5.69 Å². The zero-order chi connectivity index (χ0) is 15.6. The maximum absolute atomic E-state index is 12.5. The molecule has 0 fully saturated rings. The van der Waals surface area contributed by atoms with Crippen molar-refractivity contribution in [3.8, 4) is 5.75 Å². The highest BCUT2D eigenvalue weighted by atomic mass is 32.2. The van der Waals surface area contributed by atoms with E-state index < -0.39 is 10.0 Å². The molecule has 0 saturated carbocycles. The SMILES string of the molecule is COc1ccc(N)cc1NS(=O)(=O)c1cc(C)cc(C)c1. The van der Waals surface area contributed by atoms with Crippen LogP contribution >= 0.6 is 0 Å². The van der Waals surface area contributed by atoms with Crippen LogP contribution in [0.4, 0.5) is 11.4 Å². The van der Waals surface area contributed by atoms with E-state index in [1.807, 2.05) is 19.9 Å². The molecule has 0 aliphatic carbocycles. The van der Waals surface area contributed by atoms with Gasteiger partial charge in [-0.25, -0.2) is 8.42 Å². The van der Waals surface area contributed by atoms with E-state index in [1.54, 1.807) is 24.3 Å². The lowest BCUT2D eigenvalue weighted by Crippen LogP contribution is -2.14. The van der Waals surface area contributed by atoms with Crippen LogP contribution in [-0.4, -0.2) is 15.5 Å². The predicted molar refractivity (Wildman–Crippen MR) is 84.1 cm³/mol. The van der Waals surface area contributed by atoms with E-state index in [4.69, 9.17) is 10.5 Å². The summed E-state index contributed by atoms with van der Waals surface area (Å²) >= 11 is 0. The number of nitrogens with one attached hydrogen (secondary N) is 1. The minimum Gasteiger partial charge on any atom is -0.495 e. The van der Waals surface area contributed by atoms with Crippen LogP contribution in [0.1, 0.15) is 11.1 Å². The molecule has 2 aromatic carbocycles. The average molecular weight is 306 g/mol. The van der Waals surface area contributed by atoms with Crippen molar-refractivity contribution in [1.29, 1.82) is 0 Å². The van der Waals surface area contributed by atoms with Gasteiger partial charge in [-0.2, -0.15) is 0 Å². The first-order valence-electron chi connectivity index (χ1n) is 6.36. The van der Waals surface area contributed by atoms with Crippen molar-refractivity contribution < 1.29 is 13.2 Å². The smallest absolute Gasteiger partial charge is 0.262 e. The highest BCUT2D eigenvalue weighted by molar-refractivity contribution is 7.92. The second-order valence-corrected chi connectivity index (χ2v) is 6.57. The maximum Gasteiger partial charge on any atom is 0.262 e. The number of methoxy groups -OCH3 is 1. The highest BCUT2D eigenvalue weighted by Gasteiger charge is 2.17. The Labute approximate surface area is 124 Å². The molecule has 0 atom stereocenters. The molecule has 2 rings (SSSR count). The standard InChI is InChI=1S/C15H18N2O3S/c1-10-6-11(2)8-13(7-10)21(18,19)17-14-9-12(16)4-5-15(14)20-3/h4-9,17H,16H2,1-3H3. The van der Waals surface area contributed by atoms with E-state index in [-0.39, 0.29) is 4.90 Å². The molecule has 0 aromatic heterocycles. The van der Waals surface area contributed by atoms with Crippen LogP contribution in [-0.2, 0) is 10.0 Å². The van der Waals surface area contributed by atoms with Gasteiger partial charge in [-0.3, -0.25) is 4.72 Å². The number of hydrogen-bond acceptors (Lipinski definition) is 4. The topological polar surface area (TPSA) is 81.4 Å². The molecule has 0 amide bonds. The van der Waals surface area contributed by atoms with Gasteiger partial charge >= 0.3 is 0 Å². The predicted octanol–water partition coefficient (Wildman–Crippen LogP) is 2.70. The summed E-state index contributed by atoms with van der Waals surface area (Å²) in [6.45, 7) is 3.71. The van der Waals surface area contributed by atoms with Crippen molar-refractivity contribution in [3.05, 3.63) is 47.5 Å². The number of benzene rings is 2. The highest BCUT2D eigenvalue weighted by Crippen LogP contribution is 2.29. The molecular weight excluding hydrogens is 288 g/mol. The van der Waals surface area contributed by atoms with Crippen LogP contribution in [0.15, 0.2) is 41.3 Å². The molecule has 6 heteroatoms. The number of aryl methyl sites for hydroxylation is 2. The van der Waals surface area contributed by atoms with Crippen LogP contribution < -0.4 is 15.2 Å². The first-order chi connectivity index (χ1) is 9.81. The molecule has 0 bridgehead atoms. The number of hydrogen-bond donors (Lipinski definition) is 2. The van der Waals surface area contributed by atoms with Crippen LogP contribution in [0.2, 0.25) is 0 Å². The Morgan fingerprint density at radius 1 is 1.05 bits per heavy atom.